The molecule has 2 aromatic carbocycles. The van der Waals surface area contributed by atoms with Gasteiger partial charge in [-0.15, -0.1) is 11.3 Å². The van der Waals surface area contributed by atoms with Crippen LogP contribution in [-0.2, 0) is 6.54 Å². The number of hydrogen-bond acceptors (Lipinski definition) is 5. The van der Waals surface area contributed by atoms with E-state index in [1.807, 2.05) is 17.5 Å². The van der Waals surface area contributed by atoms with Gasteiger partial charge in [0.25, 0.3) is 0 Å². The van der Waals surface area contributed by atoms with Crippen LogP contribution in [0, 0.1) is 0 Å². The Kier molecular flexibility index (Phi) is 4.10. The lowest BCUT2D eigenvalue weighted by atomic mass is 10.1. The zero-order chi connectivity index (χ0) is 17.4. The van der Waals surface area contributed by atoms with E-state index < -0.39 is 6.09 Å². The summed E-state index contributed by atoms with van der Waals surface area (Å²) in [5.41, 5.74) is 4.07. The van der Waals surface area contributed by atoms with E-state index in [0.29, 0.717) is 6.54 Å². The van der Waals surface area contributed by atoms with E-state index in [2.05, 4.69) is 40.6 Å². The van der Waals surface area contributed by atoms with Gasteiger partial charge in [0.2, 0.25) is 0 Å². The molecule has 1 aromatic heterocycles. The summed E-state index contributed by atoms with van der Waals surface area (Å²) in [6, 6.07) is 14.5. The van der Waals surface area contributed by atoms with E-state index in [9.17, 15) is 4.79 Å². The van der Waals surface area contributed by atoms with Gasteiger partial charge in [-0.3, -0.25) is 0 Å². The lowest BCUT2D eigenvalue weighted by Crippen LogP contribution is -2.23. The number of benzene rings is 2. The highest BCUT2D eigenvalue weighted by atomic mass is 32.2. The summed E-state index contributed by atoms with van der Waals surface area (Å²) < 4.78 is 0. The molecule has 2 heterocycles. The van der Waals surface area contributed by atoms with Gasteiger partial charge in [-0.25, -0.2) is 9.78 Å². The average molecular weight is 369 g/mol. The van der Waals surface area contributed by atoms with Gasteiger partial charge in [0, 0.05) is 27.8 Å². The van der Waals surface area contributed by atoms with Crippen molar-refractivity contribution in [2.24, 2.45) is 0 Å². The van der Waals surface area contributed by atoms with Crippen molar-refractivity contribution in [3.8, 4) is 11.3 Å². The van der Waals surface area contributed by atoms with E-state index in [1.165, 1.54) is 26.0 Å². The molecule has 7 heteroatoms. The molecule has 126 valence electrons. The Hall–Kier alpha value is -2.51. The molecule has 0 saturated carbocycles. The highest BCUT2D eigenvalue weighted by Gasteiger charge is 2.17. The van der Waals surface area contributed by atoms with Crippen LogP contribution < -0.4 is 5.32 Å². The van der Waals surface area contributed by atoms with Gasteiger partial charge in [-0.1, -0.05) is 30.0 Å². The van der Waals surface area contributed by atoms with Gasteiger partial charge in [0.15, 0.2) is 0 Å². The molecule has 1 aliphatic rings. The van der Waals surface area contributed by atoms with Crippen LogP contribution in [0.2, 0.25) is 0 Å². The first-order valence-electron chi connectivity index (χ1n) is 7.67. The lowest BCUT2D eigenvalue weighted by Gasteiger charge is -2.21. The summed E-state index contributed by atoms with van der Waals surface area (Å²) in [5.74, 6) is 0. The Morgan fingerprint density at radius 1 is 1.20 bits per heavy atom. The summed E-state index contributed by atoms with van der Waals surface area (Å²) >= 11 is 3.23. The maximum Gasteiger partial charge on any atom is 0.407 e. The van der Waals surface area contributed by atoms with Crippen molar-refractivity contribution in [2.45, 2.75) is 16.3 Å². The number of carbonyl (C=O) groups is 1. The second kappa shape index (κ2) is 6.42. The molecule has 0 spiro atoms. The highest BCUT2D eigenvalue weighted by Crippen LogP contribution is 2.45. The number of hydrogen-bond donors (Lipinski definition) is 2. The van der Waals surface area contributed by atoms with Gasteiger partial charge in [0.1, 0.15) is 5.01 Å². The minimum atomic E-state index is -0.953. The average Bonchev–Trinajstić information content (AvgIpc) is 3.07. The Balaban J connectivity index is 1.59. The molecular weight excluding hydrogens is 354 g/mol. The van der Waals surface area contributed by atoms with Crippen molar-refractivity contribution < 1.29 is 9.90 Å². The van der Waals surface area contributed by atoms with Gasteiger partial charge in [0.05, 0.1) is 23.6 Å². The summed E-state index contributed by atoms with van der Waals surface area (Å²) in [4.78, 5) is 19.1. The number of thiazole rings is 1. The Labute approximate surface area is 153 Å². The van der Waals surface area contributed by atoms with Crippen molar-refractivity contribution in [2.75, 3.05) is 12.4 Å². The van der Waals surface area contributed by atoms with Gasteiger partial charge in [-0.2, -0.15) is 0 Å². The standard InChI is InChI=1S/C18H15N3O2S2/c1-21(18(22)23)9-17-20-14(10-24-17)11-6-7-16-13(8-11)19-12-4-2-3-5-15(12)25-16/h2-8,10,19H,9H2,1H3,(H,22,23). The molecule has 0 aliphatic carbocycles. The zero-order valence-electron chi connectivity index (χ0n) is 13.4. The third kappa shape index (κ3) is 3.20. The van der Waals surface area contributed by atoms with Crippen molar-refractivity contribution in [1.29, 1.82) is 0 Å². The van der Waals surface area contributed by atoms with E-state index in [4.69, 9.17) is 5.11 Å². The van der Waals surface area contributed by atoms with Crippen LogP contribution in [0.1, 0.15) is 5.01 Å². The number of para-hydroxylation sites is 1. The molecule has 0 atom stereocenters. The molecule has 1 aliphatic heterocycles. The minimum absolute atomic E-state index is 0.298. The predicted molar refractivity (Wildman–Crippen MR) is 101 cm³/mol. The molecule has 0 saturated heterocycles. The number of rotatable bonds is 3. The third-order valence-corrected chi connectivity index (χ3v) is 5.89. The summed E-state index contributed by atoms with van der Waals surface area (Å²) in [6.45, 7) is 0.298. The number of nitrogens with zero attached hydrogens (tertiary/aromatic N) is 2. The minimum Gasteiger partial charge on any atom is -0.465 e. The second-order valence-electron chi connectivity index (χ2n) is 5.70. The fourth-order valence-corrected chi connectivity index (χ4v) is 4.41. The predicted octanol–water partition coefficient (Wildman–Crippen LogP) is 5.13. The van der Waals surface area contributed by atoms with Crippen molar-refractivity contribution in [1.82, 2.24) is 9.88 Å². The Bertz CT molecular complexity index is 955. The monoisotopic (exact) mass is 369 g/mol. The Morgan fingerprint density at radius 3 is 2.84 bits per heavy atom. The van der Waals surface area contributed by atoms with Gasteiger partial charge >= 0.3 is 6.09 Å². The number of anilines is 2. The molecule has 1 amide bonds. The van der Waals surface area contributed by atoms with E-state index in [1.54, 1.807) is 18.8 Å². The first-order chi connectivity index (χ1) is 12.1. The molecule has 5 nitrogen and oxygen atoms in total. The number of nitrogens with one attached hydrogen (secondary N) is 1. The number of amides is 1. The van der Waals surface area contributed by atoms with Gasteiger partial charge in [-0.05, 0) is 24.3 Å². The van der Waals surface area contributed by atoms with Crippen molar-refractivity contribution >= 4 is 40.6 Å². The summed E-state index contributed by atoms with van der Waals surface area (Å²) in [7, 11) is 1.54. The summed E-state index contributed by atoms with van der Waals surface area (Å²) in [6.07, 6.45) is -0.953. The molecule has 3 aromatic rings. The highest BCUT2D eigenvalue weighted by molar-refractivity contribution is 7.99. The first-order valence-corrected chi connectivity index (χ1v) is 9.36. The molecule has 0 radical (unpaired) electrons. The van der Waals surface area contributed by atoms with E-state index in [-0.39, 0.29) is 0 Å². The maximum atomic E-state index is 10.9. The lowest BCUT2D eigenvalue weighted by molar-refractivity contribution is 0.153. The first kappa shape index (κ1) is 16.0. The number of fused-ring (bicyclic) bond motifs is 2. The topological polar surface area (TPSA) is 65.5 Å². The van der Waals surface area contributed by atoms with E-state index >= 15 is 0 Å². The van der Waals surface area contributed by atoms with Crippen LogP contribution in [0.15, 0.2) is 57.6 Å². The SMILES string of the molecule is CN(Cc1nc(-c2ccc3c(c2)Nc2ccccc2S3)cs1)C(=O)O. The fraction of sp³-hybridized carbons (Fsp3) is 0.111. The van der Waals surface area contributed by atoms with Crippen LogP contribution in [0.3, 0.4) is 0 Å². The molecule has 25 heavy (non-hydrogen) atoms. The van der Waals surface area contributed by atoms with Crippen LogP contribution >= 0.6 is 23.1 Å². The largest absolute Gasteiger partial charge is 0.465 e. The smallest absolute Gasteiger partial charge is 0.407 e. The summed E-state index contributed by atoms with van der Waals surface area (Å²) in [5, 5.41) is 15.2. The normalized spacial score (nSPS) is 12.0. The number of carboxylic acid groups (broad SMARTS) is 1. The third-order valence-electron chi connectivity index (χ3n) is 3.90. The Morgan fingerprint density at radius 2 is 2.00 bits per heavy atom. The molecule has 4 rings (SSSR count). The van der Waals surface area contributed by atoms with Gasteiger partial charge < -0.3 is 15.3 Å². The van der Waals surface area contributed by atoms with E-state index in [0.717, 1.165) is 27.6 Å². The zero-order valence-corrected chi connectivity index (χ0v) is 15.0. The van der Waals surface area contributed by atoms with Crippen LogP contribution in [0.4, 0.5) is 16.2 Å². The van der Waals surface area contributed by atoms with Crippen LogP contribution in [0.25, 0.3) is 11.3 Å². The molecule has 0 unspecified atom stereocenters. The second-order valence-corrected chi connectivity index (χ2v) is 7.73. The van der Waals surface area contributed by atoms with Crippen LogP contribution in [0.5, 0.6) is 0 Å². The van der Waals surface area contributed by atoms with Crippen LogP contribution in [-0.4, -0.2) is 28.1 Å². The van der Waals surface area contributed by atoms with Crippen molar-refractivity contribution in [3.05, 3.63) is 52.9 Å². The number of aromatic nitrogens is 1. The molecule has 0 fully saturated rings. The quantitative estimate of drug-likeness (QED) is 0.524. The maximum absolute atomic E-state index is 10.9. The molecule has 0 bridgehead atoms. The molecular formula is C18H15N3O2S2. The molecule has 2 N–H and O–H groups in total. The van der Waals surface area contributed by atoms with Crippen molar-refractivity contribution in [3.63, 3.8) is 0 Å². The fourth-order valence-electron chi connectivity index (χ4n) is 2.59.